The van der Waals surface area contributed by atoms with Crippen LogP contribution in [0, 0.1) is 0 Å². The number of likely N-dealkylation sites (tertiary alicyclic amines) is 1. The van der Waals surface area contributed by atoms with Crippen molar-refractivity contribution in [2.45, 2.75) is 18.9 Å². The average molecular weight is 457 g/mol. The minimum absolute atomic E-state index is 0.0528. The second-order valence-corrected chi connectivity index (χ2v) is 8.61. The van der Waals surface area contributed by atoms with Crippen molar-refractivity contribution >= 4 is 23.2 Å². The summed E-state index contributed by atoms with van der Waals surface area (Å²) in [6.45, 7) is 2.01. The molecular weight excluding hydrogens is 428 g/mol. The number of fused-ring (bicyclic) bond motifs is 1. The number of carbonyl (C=O) groups excluding carboxylic acids is 1. The topological polar surface area (TPSA) is 83.8 Å². The maximum Gasteiger partial charge on any atom is 0.251 e. The number of nitrogens with zero attached hydrogens (tertiary/aromatic N) is 4. The highest BCUT2D eigenvalue weighted by Gasteiger charge is 2.19. The molecule has 0 saturated carbocycles. The molecule has 0 unspecified atom stereocenters. The molecule has 0 aliphatic carbocycles. The predicted octanol–water partition coefficient (Wildman–Crippen LogP) is 3.97. The summed E-state index contributed by atoms with van der Waals surface area (Å²) in [6, 6.07) is 19.5. The summed E-state index contributed by atoms with van der Waals surface area (Å²) in [5, 5.41) is 11.0. The fourth-order valence-electron chi connectivity index (χ4n) is 4.24. The third kappa shape index (κ3) is 4.72. The van der Waals surface area contributed by atoms with Gasteiger partial charge in [-0.2, -0.15) is 4.98 Å². The van der Waals surface area contributed by atoms with Crippen LogP contribution in [0.3, 0.4) is 0 Å². The first kappa shape index (κ1) is 21.9. The molecule has 8 heteroatoms. The number of carbonyl (C=O) groups is 1. The predicted molar refractivity (Wildman–Crippen MR) is 133 cm³/mol. The van der Waals surface area contributed by atoms with Crippen LogP contribution in [0.4, 0.5) is 11.6 Å². The average Bonchev–Trinajstić information content (AvgIpc) is 3.28. The number of hydrogen-bond acceptors (Lipinski definition) is 6. The lowest BCUT2D eigenvalue weighted by Gasteiger charge is -2.29. The minimum atomic E-state index is -0.0528. The van der Waals surface area contributed by atoms with Crippen molar-refractivity contribution in [2.24, 2.45) is 0 Å². The van der Waals surface area contributed by atoms with Crippen molar-refractivity contribution in [1.82, 2.24) is 24.8 Å². The molecule has 0 bridgehead atoms. The number of amides is 1. The van der Waals surface area contributed by atoms with Crippen molar-refractivity contribution in [3.8, 4) is 16.9 Å². The Hall–Kier alpha value is -3.91. The van der Waals surface area contributed by atoms with Crippen LogP contribution in [-0.4, -0.2) is 58.7 Å². The summed E-state index contributed by atoms with van der Waals surface area (Å²) in [5.74, 6) is 1.22. The molecule has 0 atom stereocenters. The first-order valence-corrected chi connectivity index (χ1v) is 11.5. The molecule has 1 aliphatic heterocycles. The Kier molecular flexibility index (Phi) is 6.14. The summed E-state index contributed by atoms with van der Waals surface area (Å²) in [7, 11) is 3.76. The number of piperidine rings is 1. The molecule has 1 fully saturated rings. The smallest absolute Gasteiger partial charge is 0.251 e. The van der Waals surface area contributed by atoms with E-state index in [1.54, 1.807) is 11.6 Å². The molecule has 0 radical (unpaired) electrons. The van der Waals surface area contributed by atoms with E-state index in [1.807, 2.05) is 66.9 Å². The summed E-state index contributed by atoms with van der Waals surface area (Å²) in [6.07, 6.45) is 3.82. The maximum absolute atomic E-state index is 12.8. The molecule has 34 heavy (non-hydrogen) atoms. The lowest BCUT2D eigenvalue weighted by atomic mass is 10.0. The van der Waals surface area contributed by atoms with Gasteiger partial charge in [-0.15, -0.1) is 5.10 Å². The van der Waals surface area contributed by atoms with E-state index in [2.05, 4.69) is 27.7 Å². The first-order valence-electron chi connectivity index (χ1n) is 11.5. The lowest BCUT2D eigenvalue weighted by molar-refractivity contribution is 0.0917. The van der Waals surface area contributed by atoms with Crippen LogP contribution < -0.4 is 15.4 Å². The highest BCUT2D eigenvalue weighted by molar-refractivity contribution is 5.95. The molecule has 1 aliphatic rings. The summed E-state index contributed by atoms with van der Waals surface area (Å²) < 4.78 is 7.01. The van der Waals surface area contributed by atoms with E-state index in [9.17, 15) is 4.79 Å². The number of ether oxygens (including phenoxy) is 1. The van der Waals surface area contributed by atoms with Crippen molar-refractivity contribution in [2.75, 3.05) is 32.6 Å². The summed E-state index contributed by atoms with van der Waals surface area (Å²) >= 11 is 0. The van der Waals surface area contributed by atoms with Gasteiger partial charge in [0.15, 0.2) is 5.65 Å². The van der Waals surface area contributed by atoms with Gasteiger partial charge in [0, 0.05) is 29.1 Å². The number of hydrogen-bond donors (Lipinski definition) is 2. The summed E-state index contributed by atoms with van der Waals surface area (Å²) in [5.41, 5.74) is 4.12. The number of aromatic nitrogens is 3. The molecule has 1 amide bonds. The normalized spacial score (nSPS) is 14.8. The van der Waals surface area contributed by atoms with Gasteiger partial charge < -0.3 is 20.3 Å². The van der Waals surface area contributed by atoms with Gasteiger partial charge in [0.25, 0.3) is 5.91 Å². The van der Waals surface area contributed by atoms with Crippen LogP contribution in [0.25, 0.3) is 16.8 Å². The Labute approximate surface area is 198 Å². The Morgan fingerprint density at radius 3 is 2.62 bits per heavy atom. The fraction of sp³-hybridized carbons (Fsp3) is 0.269. The van der Waals surface area contributed by atoms with Gasteiger partial charge in [-0.25, -0.2) is 4.52 Å². The summed E-state index contributed by atoms with van der Waals surface area (Å²) in [4.78, 5) is 19.8. The highest BCUT2D eigenvalue weighted by atomic mass is 16.5. The largest absolute Gasteiger partial charge is 0.497 e. The molecule has 2 aromatic carbocycles. The van der Waals surface area contributed by atoms with Crippen molar-refractivity contribution in [1.29, 1.82) is 0 Å². The molecule has 8 nitrogen and oxygen atoms in total. The zero-order chi connectivity index (χ0) is 23.5. The third-order valence-electron chi connectivity index (χ3n) is 6.20. The number of methoxy groups -OCH3 is 1. The molecule has 3 heterocycles. The van der Waals surface area contributed by atoms with Gasteiger partial charge in [0.05, 0.1) is 7.11 Å². The molecule has 4 aromatic rings. The standard InChI is InChI=1S/C26H28N6O2/c1-31-15-12-20(13-16-31)27-25(33)19-5-3-6-21(17-19)28-26-29-24-23(7-4-14-32(24)30-26)18-8-10-22(34-2)11-9-18/h3-11,14,17,20H,12-13,15-16H2,1-2H3,(H,27,33)(H,28,30). The van der Waals surface area contributed by atoms with Gasteiger partial charge in [-0.1, -0.05) is 18.2 Å². The van der Waals surface area contributed by atoms with Gasteiger partial charge >= 0.3 is 0 Å². The molecule has 174 valence electrons. The van der Waals surface area contributed by atoms with Crippen LogP contribution in [0.2, 0.25) is 0 Å². The van der Waals surface area contributed by atoms with E-state index in [0.717, 1.165) is 54.1 Å². The highest BCUT2D eigenvalue weighted by Crippen LogP contribution is 2.27. The molecule has 2 aromatic heterocycles. The Morgan fingerprint density at radius 2 is 1.85 bits per heavy atom. The lowest BCUT2D eigenvalue weighted by Crippen LogP contribution is -2.43. The minimum Gasteiger partial charge on any atom is -0.497 e. The quantitative estimate of drug-likeness (QED) is 0.457. The monoisotopic (exact) mass is 456 g/mol. The van der Waals surface area contributed by atoms with E-state index in [0.29, 0.717) is 11.5 Å². The van der Waals surface area contributed by atoms with E-state index >= 15 is 0 Å². The van der Waals surface area contributed by atoms with Gasteiger partial charge in [-0.05, 0) is 81.0 Å². The Morgan fingerprint density at radius 1 is 1.06 bits per heavy atom. The van der Waals surface area contributed by atoms with E-state index in [-0.39, 0.29) is 11.9 Å². The number of anilines is 2. The zero-order valence-electron chi connectivity index (χ0n) is 19.4. The van der Waals surface area contributed by atoms with Gasteiger partial charge in [0.2, 0.25) is 5.95 Å². The van der Waals surface area contributed by atoms with Crippen molar-refractivity contribution < 1.29 is 9.53 Å². The van der Waals surface area contributed by atoms with E-state index in [4.69, 9.17) is 9.72 Å². The van der Waals surface area contributed by atoms with Crippen LogP contribution >= 0.6 is 0 Å². The fourth-order valence-corrected chi connectivity index (χ4v) is 4.24. The van der Waals surface area contributed by atoms with Crippen LogP contribution in [0.15, 0.2) is 66.9 Å². The number of pyridine rings is 1. The van der Waals surface area contributed by atoms with Crippen LogP contribution in [-0.2, 0) is 0 Å². The molecule has 2 N–H and O–H groups in total. The number of rotatable bonds is 6. The maximum atomic E-state index is 12.8. The van der Waals surface area contributed by atoms with Gasteiger partial charge in [0.1, 0.15) is 5.75 Å². The number of benzene rings is 2. The van der Waals surface area contributed by atoms with Crippen molar-refractivity contribution in [3.05, 3.63) is 72.4 Å². The van der Waals surface area contributed by atoms with Crippen LogP contribution in [0.5, 0.6) is 5.75 Å². The molecule has 5 rings (SSSR count). The third-order valence-corrected chi connectivity index (χ3v) is 6.20. The molecule has 0 spiro atoms. The van der Waals surface area contributed by atoms with Crippen LogP contribution in [0.1, 0.15) is 23.2 Å². The first-order chi connectivity index (χ1) is 16.6. The second-order valence-electron chi connectivity index (χ2n) is 8.61. The molecular formula is C26H28N6O2. The SMILES string of the molecule is COc1ccc(-c2cccn3nc(Nc4cccc(C(=O)NC5CCN(C)CC5)c4)nc23)cc1. The number of nitrogens with one attached hydrogen (secondary N) is 2. The second kappa shape index (κ2) is 9.52. The van der Waals surface area contributed by atoms with E-state index < -0.39 is 0 Å². The zero-order valence-corrected chi connectivity index (χ0v) is 19.4. The van der Waals surface area contributed by atoms with Gasteiger partial charge in [-0.3, -0.25) is 4.79 Å². The Bertz CT molecular complexity index is 1290. The van der Waals surface area contributed by atoms with Crippen molar-refractivity contribution in [3.63, 3.8) is 0 Å². The Balaban J connectivity index is 1.34. The molecule has 1 saturated heterocycles. The van der Waals surface area contributed by atoms with E-state index in [1.165, 1.54) is 0 Å².